The van der Waals surface area contributed by atoms with Crippen LogP contribution in [0.4, 0.5) is 5.69 Å². The molecule has 2 heterocycles. The number of benzene rings is 2. The first kappa shape index (κ1) is 17.6. The molecule has 5 nitrogen and oxygen atoms in total. The number of phenols is 2. The van der Waals surface area contributed by atoms with Gasteiger partial charge in [-0.15, -0.1) is 0 Å². The summed E-state index contributed by atoms with van der Waals surface area (Å²) in [4.78, 5) is 14.7. The molecule has 1 aliphatic heterocycles. The van der Waals surface area contributed by atoms with Crippen LogP contribution in [0, 0.1) is 0 Å². The van der Waals surface area contributed by atoms with Crippen molar-refractivity contribution in [2.24, 2.45) is 0 Å². The van der Waals surface area contributed by atoms with Crippen molar-refractivity contribution < 1.29 is 14.6 Å². The largest absolute Gasteiger partial charge is 0.504 e. The average molecular weight is 361 g/mol. The first-order chi connectivity index (χ1) is 12.8. The number of anilines is 1. The minimum Gasteiger partial charge on any atom is -0.504 e. The Labute approximate surface area is 159 Å². The van der Waals surface area contributed by atoms with E-state index in [1.165, 1.54) is 18.2 Å². The summed E-state index contributed by atoms with van der Waals surface area (Å²) in [5.41, 5.74) is 1.64. The second-order valence-corrected chi connectivity index (χ2v) is 7.98. The number of fused-ring (bicyclic) bond motifs is 1. The lowest BCUT2D eigenvalue weighted by atomic mass is 9.50. The number of hydrogen-bond acceptors (Lipinski definition) is 5. The van der Waals surface area contributed by atoms with E-state index in [0.29, 0.717) is 11.0 Å². The van der Waals surface area contributed by atoms with Crippen molar-refractivity contribution in [3.05, 3.63) is 52.7 Å². The molecule has 0 radical (unpaired) electrons. The third-order valence-electron chi connectivity index (χ3n) is 5.48. The molecule has 1 aromatic heterocycles. The molecule has 0 atom stereocenters. The monoisotopic (exact) mass is 361 g/mol. The smallest absolute Gasteiger partial charge is 0.201 e. The topological polar surface area (TPSA) is 73.9 Å². The van der Waals surface area contributed by atoms with E-state index in [0.717, 1.165) is 37.2 Å². The molecule has 1 saturated heterocycles. The van der Waals surface area contributed by atoms with Gasteiger partial charge in [0.05, 0.1) is 21.1 Å². The van der Waals surface area contributed by atoms with E-state index in [-0.39, 0.29) is 22.1 Å². The van der Waals surface area contributed by atoms with Gasteiger partial charge >= 0.3 is 0 Å². The van der Waals surface area contributed by atoms with Crippen LogP contribution in [0.3, 0.4) is 0 Å². The highest BCUT2D eigenvalue weighted by molar-refractivity contribution is 6.39. The minimum absolute atomic E-state index is 0.000150. The lowest BCUT2D eigenvalue weighted by Crippen LogP contribution is -2.37. The van der Waals surface area contributed by atoms with E-state index in [2.05, 4.69) is 20.6 Å². The van der Waals surface area contributed by atoms with Crippen LogP contribution in [0.5, 0.6) is 11.5 Å². The molecule has 2 N–H and O–H groups in total. The molecule has 0 aliphatic carbocycles. The Bertz CT molecular complexity index is 1050. The highest BCUT2D eigenvalue weighted by Crippen LogP contribution is 2.36. The Hall–Kier alpha value is -2.82. The number of piperidine rings is 1. The predicted molar refractivity (Wildman–Crippen MR) is 112 cm³/mol. The second kappa shape index (κ2) is 6.41. The van der Waals surface area contributed by atoms with E-state index < -0.39 is 5.75 Å². The summed E-state index contributed by atoms with van der Waals surface area (Å²) in [6, 6.07) is 12.0. The van der Waals surface area contributed by atoms with Crippen molar-refractivity contribution in [1.82, 2.24) is 0 Å². The zero-order valence-electron chi connectivity index (χ0n) is 15.5. The fourth-order valence-electron chi connectivity index (χ4n) is 3.54. The lowest BCUT2D eigenvalue weighted by Gasteiger charge is -2.38. The summed E-state index contributed by atoms with van der Waals surface area (Å²) in [5.74, 6) is -0.370. The quantitative estimate of drug-likeness (QED) is 0.539. The summed E-state index contributed by atoms with van der Waals surface area (Å²) in [6.45, 7) is 2.06. The Kier molecular flexibility index (Phi) is 4.17. The zero-order chi connectivity index (χ0) is 19.2. The normalized spacial score (nSPS) is 16.5. The summed E-state index contributed by atoms with van der Waals surface area (Å²) >= 11 is 0. The number of phenolic OH excluding ortho intramolecular Hbond substituents is 2. The van der Waals surface area contributed by atoms with Crippen LogP contribution >= 0.6 is 0 Å². The van der Waals surface area contributed by atoms with Gasteiger partial charge < -0.3 is 19.5 Å². The highest BCUT2D eigenvalue weighted by atomic mass is 16.4. The van der Waals surface area contributed by atoms with Crippen LogP contribution < -0.4 is 10.3 Å². The van der Waals surface area contributed by atoms with Gasteiger partial charge in [-0.05, 0) is 49.2 Å². The van der Waals surface area contributed by atoms with Gasteiger partial charge in [-0.25, -0.2) is 0 Å². The Balaban J connectivity index is 1.66. The zero-order valence-corrected chi connectivity index (χ0v) is 15.5. The van der Waals surface area contributed by atoms with Crippen molar-refractivity contribution in [3.8, 4) is 22.8 Å². The molecule has 0 saturated carbocycles. The third-order valence-corrected chi connectivity index (χ3v) is 5.48. The van der Waals surface area contributed by atoms with Crippen molar-refractivity contribution in [2.45, 2.75) is 18.1 Å². The maximum absolute atomic E-state index is 12.4. The predicted octanol–water partition coefficient (Wildman–Crippen LogP) is 1.85. The first-order valence-corrected chi connectivity index (χ1v) is 9.18. The molecule has 0 bridgehead atoms. The summed E-state index contributed by atoms with van der Waals surface area (Å²) in [7, 11) is 4.62. The van der Waals surface area contributed by atoms with E-state index in [1.807, 2.05) is 24.3 Å². The molecule has 0 spiro atoms. The molecule has 27 heavy (non-hydrogen) atoms. The summed E-state index contributed by atoms with van der Waals surface area (Å²) in [5, 5.41) is 20.3. The van der Waals surface area contributed by atoms with Gasteiger partial charge in [0.1, 0.15) is 5.76 Å². The fourth-order valence-corrected chi connectivity index (χ4v) is 3.54. The molecule has 1 fully saturated rings. The van der Waals surface area contributed by atoms with Crippen LogP contribution in [-0.4, -0.2) is 39.0 Å². The highest BCUT2D eigenvalue weighted by Gasteiger charge is 2.25. The van der Waals surface area contributed by atoms with Gasteiger partial charge in [0.2, 0.25) is 5.75 Å². The van der Waals surface area contributed by atoms with E-state index >= 15 is 0 Å². The number of aromatic hydroxyl groups is 2. The van der Waals surface area contributed by atoms with Gasteiger partial charge in [0.25, 0.3) is 0 Å². The van der Waals surface area contributed by atoms with E-state index in [1.54, 1.807) is 0 Å². The Morgan fingerprint density at radius 3 is 2.33 bits per heavy atom. The minimum atomic E-state index is -0.418. The average Bonchev–Trinajstić information content (AvgIpc) is 2.65. The number of hydrogen-bond donors (Lipinski definition) is 2. The molecule has 0 amide bonds. The number of rotatable bonds is 2. The van der Waals surface area contributed by atoms with Crippen molar-refractivity contribution >= 4 is 32.3 Å². The molecule has 4 rings (SSSR count). The van der Waals surface area contributed by atoms with Crippen LogP contribution in [0.1, 0.15) is 12.8 Å². The molecule has 3 aromatic rings. The summed E-state index contributed by atoms with van der Waals surface area (Å²) in [6.07, 6.45) is 2.33. The molecule has 1 aliphatic rings. The van der Waals surface area contributed by atoms with Crippen LogP contribution in [-0.2, 0) is 0 Å². The maximum atomic E-state index is 12.4. The van der Waals surface area contributed by atoms with Crippen molar-refractivity contribution in [3.63, 3.8) is 0 Å². The lowest BCUT2D eigenvalue weighted by molar-refractivity contribution is 0.400. The standard InChI is InChI=1S/C20H21B2NO4/c21-20(22)7-9-23(10-8-20)13-3-1-12(2-4-13)17-11-16(25)14-5-6-15(24)18(26)19(14)27-17/h1-6,11,24,26H,7-10,21-22H2. The van der Waals surface area contributed by atoms with Gasteiger partial charge in [-0.3, -0.25) is 4.79 Å². The van der Waals surface area contributed by atoms with Gasteiger partial charge in [0.15, 0.2) is 16.8 Å². The van der Waals surface area contributed by atoms with Gasteiger partial charge in [-0.1, -0.05) is 5.21 Å². The Morgan fingerprint density at radius 1 is 1.00 bits per heavy atom. The van der Waals surface area contributed by atoms with Gasteiger partial charge in [-0.2, -0.15) is 0 Å². The van der Waals surface area contributed by atoms with Crippen LogP contribution in [0.2, 0.25) is 5.21 Å². The Morgan fingerprint density at radius 2 is 1.67 bits per heavy atom. The molecule has 0 unspecified atom stereocenters. The molecular formula is C20H21B2NO4. The van der Waals surface area contributed by atoms with E-state index in [4.69, 9.17) is 4.42 Å². The number of nitrogens with zero attached hydrogens (tertiary/aromatic N) is 1. The van der Waals surface area contributed by atoms with Crippen LogP contribution in [0.15, 0.2) is 51.7 Å². The van der Waals surface area contributed by atoms with E-state index in [9.17, 15) is 15.0 Å². The molecule has 2 aromatic carbocycles. The third kappa shape index (κ3) is 3.29. The van der Waals surface area contributed by atoms with Gasteiger partial charge in [0, 0.05) is 30.4 Å². The van der Waals surface area contributed by atoms with Crippen LogP contribution in [0.25, 0.3) is 22.3 Å². The fraction of sp³-hybridized carbons (Fsp3) is 0.250. The maximum Gasteiger partial charge on any atom is 0.201 e. The SMILES string of the molecule is BC1(B)CCN(c2ccc(-c3cc(=O)c4ccc(O)c(O)c4o3)cc2)CC1. The van der Waals surface area contributed by atoms with Crippen molar-refractivity contribution in [1.29, 1.82) is 0 Å². The second-order valence-electron chi connectivity index (χ2n) is 7.98. The molecule has 136 valence electrons. The first-order valence-electron chi connectivity index (χ1n) is 9.18. The summed E-state index contributed by atoms with van der Waals surface area (Å²) < 4.78 is 5.73. The molecular weight excluding hydrogens is 340 g/mol. The van der Waals surface area contributed by atoms with Crippen molar-refractivity contribution in [2.75, 3.05) is 18.0 Å². The molecule has 7 heteroatoms.